The summed E-state index contributed by atoms with van der Waals surface area (Å²) in [6, 6.07) is 13.3. The molecular formula is C19H18N2O4S2. The topological polar surface area (TPSA) is 92.3 Å². The monoisotopic (exact) mass is 402 g/mol. The number of rotatable bonds is 6. The van der Waals surface area contributed by atoms with Gasteiger partial charge in [0.2, 0.25) is 5.91 Å². The first kappa shape index (κ1) is 19.2. The van der Waals surface area contributed by atoms with E-state index < -0.39 is 15.3 Å². The van der Waals surface area contributed by atoms with Crippen LogP contribution in [0.25, 0.3) is 6.08 Å². The minimum Gasteiger partial charge on any atom is -0.286 e. The fraction of sp³-hybridized carbons (Fsp3) is 0.158. The Morgan fingerprint density at radius 1 is 1.11 bits per heavy atom. The second-order valence-electron chi connectivity index (χ2n) is 5.88. The molecule has 6 nitrogen and oxygen atoms in total. The highest BCUT2D eigenvalue weighted by atomic mass is 32.2. The lowest BCUT2D eigenvalue weighted by Crippen LogP contribution is -2.25. The Kier molecular flexibility index (Phi) is 5.67. The molecule has 2 N–H and O–H groups in total. The summed E-state index contributed by atoms with van der Waals surface area (Å²) >= 11 is 0.949. The lowest BCUT2D eigenvalue weighted by Gasteiger charge is -2.15. The number of thioether (sulfide) groups is 1. The van der Waals surface area contributed by atoms with Crippen LogP contribution >= 0.6 is 11.8 Å². The number of nitrogens with one attached hydrogen (secondary N) is 2. The Bertz CT molecular complexity index is 1000. The predicted octanol–water partition coefficient (Wildman–Crippen LogP) is 3.41. The molecule has 0 aromatic heterocycles. The Labute approximate surface area is 162 Å². The molecule has 8 heteroatoms. The zero-order valence-electron chi connectivity index (χ0n) is 14.5. The highest BCUT2D eigenvalue weighted by molar-refractivity contribution is 8.15. The Morgan fingerprint density at radius 3 is 2.48 bits per heavy atom. The molecule has 2 aromatic rings. The van der Waals surface area contributed by atoms with Crippen molar-refractivity contribution in [2.45, 2.75) is 23.5 Å². The second-order valence-corrected chi connectivity index (χ2v) is 8.74. The molecule has 0 aliphatic carbocycles. The molecule has 0 bridgehead atoms. The third kappa shape index (κ3) is 4.40. The molecule has 1 aliphatic heterocycles. The van der Waals surface area contributed by atoms with E-state index in [2.05, 4.69) is 10.0 Å². The highest BCUT2D eigenvalue weighted by Crippen LogP contribution is 2.29. The van der Waals surface area contributed by atoms with E-state index in [0.717, 1.165) is 17.3 Å². The molecule has 1 fully saturated rings. The molecule has 1 atom stereocenters. The summed E-state index contributed by atoms with van der Waals surface area (Å²) in [6.45, 7) is 1.83. The summed E-state index contributed by atoms with van der Waals surface area (Å²) in [6.07, 6.45) is 3.91. The third-order valence-electron chi connectivity index (χ3n) is 4.00. The molecule has 3 rings (SSSR count). The first-order valence-electron chi connectivity index (χ1n) is 8.24. The molecule has 0 radical (unpaired) electrons. The van der Waals surface area contributed by atoms with Crippen molar-refractivity contribution in [1.82, 2.24) is 5.32 Å². The molecule has 27 heavy (non-hydrogen) atoms. The van der Waals surface area contributed by atoms with Crippen LogP contribution in [0.1, 0.15) is 18.1 Å². The Balaban J connectivity index is 1.94. The van der Waals surface area contributed by atoms with Gasteiger partial charge in [-0.1, -0.05) is 54.2 Å². The van der Waals surface area contributed by atoms with Crippen molar-refractivity contribution < 1.29 is 18.0 Å². The van der Waals surface area contributed by atoms with Gasteiger partial charge in [-0.05, 0) is 37.1 Å². The van der Waals surface area contributed by atoms with Gasteiger partial charge < -0.3 is 0 Å². The summed E-state index contributed by atoms with van der Waals surface area (Å²) in [4.78, 5) is 23.4. The molecule has 1 heterocycles. The van der Waals surface area contributed by atoms with Crippen LogP contribution in [0, 0.1) is 0 Å². The van der Waals surface area contributed by atoms with Crippen LogP contribution in [0.5, 0.6) is 0 Å². The zero-order valence-corrected chi connectivity index (χ0v) is 16.1. The molecular weight excluding hydrogens is 384 g/mol. The maximum absolute atomic E-state index is 12.7. The van der Waals surface area contributed by atoms with Crippen LogP contribution in [0.15, 0.2) is 59.5 Å². The molecule has 1 saturated heterocycles. The number of hydrogen-bond acceptors (Lipinski definition) is 5. The van der Waals surface area contributed by atoms with Crippen LogP contribution in [-0.2, 0) is 21.2 Å². The SMILES string of the molecule is C/C=C\c1c(CC2SC(=O)NC2=O)cccc1NS(=O)(=O)c1ccccc1. The van der Waals surface area contributed by atoms with Crippen molar-refractivity contribution in [2.75, 3.05) is 4.72 Å². The Hall–Kier alpha value is -2.58. The van der Waals surface area contributed by atoms with Crippen LogP contribution in [-0.4, -0.2) is 24.8 Å². The number of carbonyl (C=O) groups excluding carboxylic acids is 2. The fourth-order valence-corrected chi connectivity index (χ4v) is 4.72. The number of amides is 2. The summed E-state index contributed by atoms with van der Waals surface area (Å²) < 4.78 is 27.9. The number of imide groups is 1. The van der Waals surface area contributed by atoms with E-state index in [9.17, 15) is 18.0 Å². The van der Waals surface area contributed by atoms with E-state index in [0.29, 0.717) is 17.7 Å². The number of benzene rings is 2. The van der Waals surface area contributed by atoms with Crippen LogP contribution in [0.4, 0.5) is 10.5 Å². The van der Waals surface area contributed by atoms with E-state index in [-0.39, 0.29) is 16.0 Å². The van der Waals surface area contributed by atoms with E-state index in [1.807, 2.05) is 13.0 Å². The number of hydrogen-bond donors (Lipinski definition) is 2. The van der Waals surface area contributed by atoms with Gasteiger partial charge in [-0.25, -0.2) is 8.42 Å². The smallest absolute Gasteiger partial charge is 0.286 e. The maximum Gasteiger partial charge on any atom is 0.286 e. The average Bonchev–Trinajstić information content (AvgIpc) is 2.95. The molecule has 1 unspecified atom stereocenters. The molecule has 2 amide bonds. The van der Waals surface area contributed by atoms with Gasteiger partial charge >= 0.3 is 0 Å². The van der Waals surface area contributed by atoms with Crippen LogP contribution in [0.3, 0.4) is 0 Å². The van der Waals surface area contributed by atoms with Crippen molar-refractivity contribution in [3.05, 3.63) is 65.7 Å². The minimum atomic E-state index is -3.74. The van der Waals surface area contributed by atoms with Crippen molar-refractivity contribution in [1.29, 1.82) is 0 Å². The minimum absolute atomic E-state index is 0.165. The van der Waals surface area contributed by atoms with Gasteiger partial charge in [0, 0.05) is 5.56 Å². The Morgan fingerprint density at radius 2 is 1.85 bits per heavy atom. The summed E-state index contributed by atoms with van der Waals surface area (Å²) in [5.74, 6) is -0.327. The van der Waals surface area contributed by atoms with Gasteiger partial charge in [0.1, 0.15) is 0 Å². The lowest BCUT2D eigenvalue weighted by molar-refractivity contribution is -0.118. The molecule has 0 spiro atoms. The number of allylic oxidation sites excluding steroid dienone is 1. The molecule has 0 saturated carbocycles. The normalized spacial score (nSPS) is 17.3. The average molecular weight is 402 g/mol. The van der Waals surface area contributed by atoms with E-state index in [1.165, 1.54) is 12.1 Å². The van der Waals surface area contributed by atoms with Crippen molar-refractivity contribution in [2.24, 2.45) is 0 Å². The lowest BCUT2D eigenvalue weighted by atomic mass is 10.0. The van der Waals surface area contributed by atoms with Gasteiger partial charge in [-0.2, -0.15) is 0 Å². The summed E-state index contributed by atoms with van der Waals surface area (Å²) in [5.41, 5.74) is 1.88. The van der Waals surface area contributed by atoms with Crippen molar-refractivity contribution in [3.63, 3.8) is 0 Å². The van der Waals surface area contributed by atoms with Crippen molar-refractivity contribution >= 4 is 44.7 Å². The first-order valence-corrected chi connectivity index (χ1v) is 10.6. The van der Waals surface area contributed by atoms with Gasteiger partial charge in [-0.3, -0.25) is 19.6 Å². The number of anilines is 1. The highest BCUT2D eigenvalue weighted by Gasteiger charge is 2.32. The molecule has 140 valence electrons. The predicted molar refractivity (Wildman–Crippen MR) is 107 cm³/mol. The number of sulfonamides is 1. The third-order valence-corrected chi connectivity index (χ3v) is 6.36. The molecule has 2 aromatic carbocycles. The zero-order chi connectivity index (χ0) is 19.4. The van der Waals surface area contributed by atoms with Crippen molar-refractivity contribution in [3.8, 4) is 0 Å². The standard InChI is InChI=1S/C19H18N2O4S2/c1-2-7-15-13(12-17-18(22)20-19(23)26-17)8-6-11-16(15)21-27(24,25)14-9-4-3-5-10-14/h2-11,17,21H,12H2,1H3,(H,20,22,23)/b7-2-. The van der Waals surface area contributed by atoms with Gasteiger partial charge in [0.15, 0.2) is 0 Å². The van der Waals surface area contributed by atoms with E-state index in [1.54, 1.807) is 42.5 Å². The number of carbonyl (C=O) groups is 2. The van der Waals surface area contributed by atoms with E-state index in [4.69, 9.17) is 0 Å². The summed E-state index contributed by atoms with van der Waals surface area (Å²) in [5, 5.41) is 1.38. The summed E-state index contributed by atoms with van der Waals surface area (Å²) in [7, 11) is -3.74. The molecule has 1 aliphatic rings. The van der Waals surface area contributed by atoms with Gasteiger partial charge in [-0.15, -0.1) is 0 Å². The van der Waals surface area contributed by atoms with E-state index >= 15 is 0 Å². The second kappa shape index (κ2) is 7.98. The van der Waals surface area contributed by atoms with Crippen LogP contribution < -0.4 is 10.0 Å². The maximum atomic E-state index is 12.7. The fourth-order valence-electron chi connectivity index (χ4n) is 2.77. The largest absolute Gasteiger partial charge is 0.286 e. The van der Waals surface area contributed by atoms with Gasteiger partial charge in [0.05, 0.1) is 15.8 Å². The first-order chi connectivity index (χ1) is 12.9. The van der Waals surface area contributed by atoms with Crippen LogP contribution in [0.2, 0.25) is 0 Å². The van der Waals surface area contributed by atoms with Gasteiger partial charge in [0.25, 0.3) is 15.3 Å². The quantitative estimate of drug-likeness (QED) is 0.772.